The molecule has 1 heterocycles. The summed E-state index contributed by atoms with van der Waals surface area (Å²) in [4.78, 5) is 16.4. The van der Waals surface area contributed by atoms with Crippen LogP contribution in [0.2, 0.25) is 0 Å². The fourth-order valence-corrected chi connectivity index (χ4v) is 2.97. The molecule has 1 aromatic heterocycles. The number of aromatic nitrogens is 1. The van der Waals surface area contributed by atoms with Crippen LogP contribution >= 0.6 is 0 Å². The molecular weight excluding hydrogens is 279 g/mol. The summed E-state index contributed by atoms with van der Waals surface area (Å²) >= 11 is 0. The minimum absolute atomic E-state index is 0.00670. The van der Waals surface area contributed by atoms with Gasteiger partial charge in [-0.3, -0.25) is 9.78 Å². The first-order valence-corrected chi connectivity index (χ1v) is 7.70. The Balaban J connectivity index is 1.62. The molecule has 0 bridgehead atoms. The lowest BCUT2D eigenvalue weighted by Crippen LogP contribution is -2.31. The van der Waals surface area contributed by atoms with Crippen LogP contribution in [0.3, 0.4) is 0 Å². The highest BCUT2D eigenvalue weighted by atomic mass is 19.1. The minimum atomic E-state index is -0.242. The highest BCUT2D eigenvalue weighted by molar-refractivity contribution is 5.76. The van der Waals surface area contributed by atoms with Crippen molar-refractivity contribution in [2.45, 2.75) is 38.1 Å². The summed E-state index contributed by atoms with van der Waals surface area (Å²) in [5.74, 6) is -0.249. The smallest absolute Gasteiger partial charge is 0.220 e. The van der Waals surface area contributed by atoms with Crippen molar-refractivity contribution in [1.29, 1.82) is 0 Å². The van der Waals surface area contributed by atoms with E-state index in [1.165, 1.54) is 6.07 Å². The molecule has 1 aliphatic rings. The van der Waals surface area contributed by atoms with Gasteiger partial charge in [-0.15, -0.1) is 0 Å². The van der Waals surface area contributed by atoms with Crippen molar-refractivity contribution < 1.29 is 9.18 Å². The van der Waals surface area contributed by atoms with Gasteiger partial charge in [0.15, 0.2) is 0 Å². The summed E-state index contributed by atoms with van der Waals surface area (Å²) in [5.41, 5.74) is 2.98. The third kappa shape index (κ3) is 3.50. The molecule has 1 aliphatic carbocycles. The Morgan fingerprint density at radius 2 is 2.23 bits per heavy atom. The standard InChI is InChI=1S/C18H19FN2O/c19-14-8-7-13-4-3-6-17(16(13)12-14)21-18(22)10-9-15-5-1-2-11-20-15/h1-2,5,7-8,11-12,17H,3-4,6,9-10H2,(H,21,22)/t17-/m1/s1. The number of halogens is 1. The number of pyridine rings is 1. The zero-order chi connectivity index (χ0) is 15.4. The molecule has 0 radical (unpaired) electrons. The fraction of sp³-hybridized carbons (Fsp3) is 0.333. The van der Waals surface area contributed by atoms with Crippen molar-refractivity contribution in [2.75, 3.05) is 0 Å². The Morgan fingerprint density at radius 1 is 1.32 bits per heavy atom. The topological polar surface area (TPSA) is 42.0 Å². The molecule has 0 spiro atoms. The van der Waals surface area contributed by atoms with Crippen LogP contribution < -0.4 is 5.32 Å². The van der Waals surface area contributed by atoms with Crippen molar-refractivity contribution in [3.63, 3.8) is 0 Å². The van der Waals surface area contributed by atoms with Crippen LogP contribution in [0, 0.1) is 5.82 Å². The maximum absolute atomic E-state index is 13.5. The molecule has 0 unspecified atom stereocenters. The van der Waals surface area contributed by atoms with Gasteiger partial charge in [0, 0.05) is 18.3 Å². The van der Waals surface area contributed by atoms with E-state index in [1.807, 2.05) is 24.3 Å². The molecule has 2 aromatic rings. The molecule has 1 aromatic carbocycles. The number of hydrogen-bond donors (Lipinski definition) is 1. The average molecular weight is 298 g/mol. The van der Waals surface area contributed by atoms with Gasteiger partial charge in [-0.25, -0.2) is 4.39 Å². The molecule has 0 saturated heterocycles. The van der Waals surface area contributed by atoms with E-state index in [2.05, 4.69) is 10.3 Å². The molecule has 4 heteroatoms. The number of benzene rings is 1. The molecule has 1 atom stereocenters. The van der Waals surface area contributed by atoms with Crippen LogP contribution in [-0.4, -0.2) is 10.9 Å². The number of carbonyl (C=O) groups is 1. The van der Waals surface area contributed by atoms with Gasteiger partial charge in [0.2, 0.25) is 5.91 Å². The average Bonchev–Trinajstić information content (AvgIpc) is 2.54. The molecule has 3 rings (SSSR count). The summed E-state index contributed by atoms with van der Waals surface area (Å²) in [5, 5.41) is 3.04. The van der Waals surface area contributed by atoms with Crippen LogP contribution in [-0.2, 0) is 17.6 Å². The van der Waals surface area contributed by atoms with E-state index in [9.17, 15) is 9.18 Å². The lowest BCUT2D eigenvalue weighted by atomic mass is 9.87. The molecule has 114 valence electrons. The quantitative estimate of drug-likeness (QED) is 0.940. The van der Waals surface area contributed by atoms with Crippen molar-refractivity contribution >= 4 is 5.91 Å². The van der Waals surface area contributed by atoms with Gasteiger partial charge in [-0.1, -0.05) is 12.1 Å². The summed E-state index contributed by atoms with van der Waals surface area (Å²) < 4.78 is 13.5. The fourth-order valence-electron chi connectivity index (χ4n) is 2.97. The Bertz CT molecular complexity index is 657. The third-order valence-corrected chi connectivity index (χ3v) is 4.09. The first kappa shape index (κ1) is 14.7. The number of nitrogens with zero attached hydrogens (tertiary/aromatic N) is 1. The Labute approximate surface area is 129 Å². The van der Waals surface area contributed by atoms with E-state index in [0.29, 0.717) is 12.8 Å². The number of rotatable bonds is 4. The lowest BCUT2D eigenvalue weighted by Gasteiger charge is -2.26. The van der Waals surface area contributed by atoms with Crippen LogP contribution in [0.4, 0.5) is 4.39 Å². The Hall–Kier alpha value is -2.23. The number of aryl methyl sites for hydroxylation is 2. The van der Waals surface area contributed by atoms with Gasteiger partial charge >= 0.3 is 0 Å². The number of carbonyl (C=O) groups excluding carboxylic acids is 1. The first-order valence-electron chi connectivity index (χ1n) is 7.70. The summed E-state index contributed by atoms with van der Waals surface area (Å²) in [6.07, 6.45) is 5.59. The predicted molar refractivity (Wildman–Crippen MR) is 82.8 cm³/mol. The molecule has 1 N–H and O–H groups in total. The maximum atomic E-state index is 13.5. The Kier molecular flexibility index (Phi) is 4.47. The second-order valence-corrected chi connectivity index (χ2v) is 5.68. The normalized spacial score (nSPS) is 16.9. The van der Waals surface area contributed by atoms with Gasteiger partial charge in [0.25, 0.3) is 0 Å². The summed E-state index contributed by atoms with van der Waals surface area (Å²) in [7, 11) is 0. The van der Waals surface area contributed by atoms with E-state index < -0.39 is 0 Å². The van der Waals surface area contributed by atoms with Gasteiger partial charge in [0.05, 0.1) is 6.04 Å². The van der Waals surface area contributed by atoms with E-state index in [1.54, 1.807) is 12.3 Å². The summed E-state index contributed by atoms with van der Waals surface area (Å²) in [6, 6.07) is 10.5. The molecule has 0 fully saturated rings. The van der Waals surface area contributed by atoms with E-state index in [-0.39, 0.29) is 17.8 Å². The SMILES string of the molecule is O=C(CCc1ccccn1)N[C@@H]1CCCc2ccc(F)cc21. The largest absolute Gasteiger partial charge is 0.349 e. The number of amides is 1. The third-order valence-electron chi connectivity index (χ3n) is 4.09. The van der Waals surface area contributed by atoms with Crippen LogP contribution in [0.1, 0.15) is 42.1 Å². The van der Waals surface area contributed by atoms with Crippen molar-refractivity contribution in [1.82, 2.24) is 10.3 Å². The highest BCUT2D eigenvalue weighted by Crippen LogP contribution is 2.30. The van der Waals surface area contributed by atoms with Crippen molar-refractivity contribution in [3.05, 3.63) is 65.2 Å². The van der Waals surface area contributed by atoms with E-state index in [0.717, 1.165) is 36.1 Å². The van der Waals surface area contributed by atoms with Gasteiger partial charge in [0.1, 0.15) is 5.82 Å². The number of fused-ring (bicyclic) bond motifs is 1. The molecule has 1 amide bonds. The number of hydrogen-bond acceptors (Lipinski definition) is 2. The second kappa shape index (κ2) is 6.69. The monoisotopic (exact) mass is 298 g/mol. The molecule has 22 heavy (non-hydrogen) atoms. The molecule has 0 aliphatic heterocycles. The van der Waals surface area contributed by atoms with E-state index in [4.69, 9.17) is 0 Å². The van der Waals surface area contributed by atoms with Gasteiger partial charge in [-0.05, 0) is 61.1 Å². The molecular formula is C18H19FN2O. The minimum Gasteiger partial charge on any atom is -0.349 e. The zero-order valence-electron chi connectivity index (χ0n) is 12.4. The number of nitrogens with one attached hydrogen (secondary N) is 1. The van der Waals surface area contributed by atoms with Crippen molar-refractivity contribution in [2.24, 2.45) is 0 Å². The maximum Gasteiger partial charge on any atom is 0.220 e. The lowest BCUT2D eigenvalue weighted by molar-refractivity contribution is -0.121. The second-order valence-electron chi connectivity index (χ2n) is 5.68. The Morgan fingerprint density at radius 3 is 3.05 bits per heavy atom. The van der Waals surface area contributed by atoms with Crippen LogP contribution in [0.25, 0.3) is 0 Å². The molecule has 3 nitrogen and oxygen atoms in total. The van der Waals surface area contributed by atoms with Crippen LogP contribution in [0.15, 0.2) is 42.6 Å². The van der Waals surface area contributed by atoms with E-state index >= 15 is 0 Å². The van der Waals surface area contributed by atoms with Crippen LogP contribution in [0.5, 0.6) is 0 Å². The predicted octanol–water partition coefficient (Wildman–Crippen LogP) is 3.35. The molecule has 0 saturated carbocycles. The first-order chi connectivity index (χ1) is 10.7. The summed E-state index contributed by atoms with van der Waals surface area (Å²) in [6.45, 7) is 0. The van der Waals surface area contributed by atoms with Gasteiger partial charge < -0.3 is 5.32 Å². The van der Waals surface area contributed by atoms with Gasteiger partial charge in [-0.2, -0.15) is 0 Å². The highest BCUT2D eigenvalue weighted by Gasteiger charge is 2.22. The zero-order valence-corrected chi connectivity index (χ0v) is 12.4. The van der Waals surface area contributed by atoms with Crippen molar-refractivity contribution in [3.8, 4) is 0 Å².